The monoisotopic (exact) mass is 497 g/mol. The number of rotatable bonds is 0. The van der Waals surface area contributed by atoms with Crippen LogP contribution in [-0.4, -0.2) is 9.97 Å². The van der Waals surface area contributed by atoms with Gasteiger partial charge >= 0.3 is 49.6 Å². The number of nitrogens with zero attached hydrogens (tertiary/aromatic N) is 2. The Balaban J connectivity index is 0.000000296. The molecule has 0 spiro atoms. The van der Waals surface area contributed by atoms with Crippen LogP contribution in [0.5, 0.6) is 0 Å². The quantitative estimate of drug-likeness (QED) is 0.276. The molecule has 0 saturated heterocycles. The van der Waals surface area contributed by atoms with Crippen molar-refractivity contribution in [2.45, 2.75) is 0 Å². The van der Waals surface area contributed by atoms with E-state index in [2.05, 4.69) is 9.97 Å². The molecule has 2 nitrogen and oxygen atoms in total. The van der Waals surface area contributed by atoms with Gasteiger partial charge in [-0.1, -0.05) is 58.5 Å². The van der Waals surface area contributed by atoms with Gasteiger partial charge in [0.25, 0.3) is 0 Å². The van der Waals surface area contributed by atoms with Gasteiger partial charge in [-0.3, -0.25) is 0 Å². The van der Waals surface area contributed by atoms with Crippen molar-refractivity contribution in [3.8, 4) is 0 Å². The molecule has 2 rings (SSSR count). The van der Waals surface area contributed by atoms with E-state index in [0.717, 1.165) is 0 Å². The second-order valence-corrected chi connectivity index (χ2v) is 13.7. The van der Waals surface area contributed by atoms with E-state index in [1.807, 2.05) is 0 Å². The van der Waals surface area contributed by atoms with Crippen LogP contribution in [-0.2, 0) is 9.20 Å². The number of hydrogen-bond acceptors (Lipinski definition) is 2. The van der Waals surface area contributed by atoms with E-state index in [-0.39, 0.29) is 0 Å². The fourth-order valence-corrected chi connectivity index (χ4v) is 1.51. The SMILES string of the molecule is Clc1cccc(Cl)n1.Clc1cccc(Cl)n1.[Cl][Cu-2]([Cl])([Cl])[Cl]. The molecule has 0 aliphatic rings. The predicted octanol–water partition coefficient (Wildman–Crippen LogP) is 7.53. The molecule has 0 bridgehead atoms. The van der Waals surface area contributed by atoms with Crippen LogP contribution in [0.3, 0.4) is 0 Å². The average molecular weight is 501 g/mol. The summed E-state index contributed by atoms with van der Waals surface area (Å²) >= 11 is 21.8. The van der Waals surface area contributed by atoms with Crippen LogP contribution in [0.25, 0.3) is 0 Å². The van der Waals surface area contributed by atoms with Crippen molar-refractivity contribution in [1.82, 2.24) is 9.97 Å². The third-order valence-electron chi connectivity index (χ3n) is 1.36. The second-order valence-electron chi connectivity index (χ2n) is 2.82. The number of hydrogen-bond donors (Lipinski definition) is 0. The molecule has 0 saturated carbocycles. The van der Waals surface area contributed by atoms with E-state index in [9.17, 15) is 0 Å². The van der Waals surface area contributed by atoms with Gasteiger partial charge in [0.1, 0.15) is 20.6 Å². The van der Waals surface area contributed by atoms with Crippen LogP contribution < -0.4 is 0 Å². The summed E-state index contributed by atoms with van der Waals surface area (Å²) in [5.41, 5.74) is 0. The van der Waals surface area contributed by atoms with Crippen LogP contribution in [0.2, 0.25) is 20.6 Å². The fourth-order valence-electron chi connectivity index (χ4n) is 0.767. The van der Waals surface area contributed by atoms with E-state index in [0.29, 0.717) is 20.6 Å². The molecule has 21 heavy (non-hydrogen) atoms. The number of pyridine rings is 2. The van der Waals surface area contributed by atoms with Gasteiger partial charge in [0.05, 0.1) is 0 Å². The average Bonchev–Trinajstić information content (AvgIpc) is 2.26. The first kappa shape index (κ1) is 22.1. The fraction of sp³-hybridized carbons (Fsp3) is 0. The van der Waals surface area contributed by atoms with E-state index in [4.69, 9.17) is 86.8 Å². The molecular formula is C10H6Cl8CuN2-2. The summed E-state index contributed by atoms with van der Waals surface area (Å²) in [4.78, 5) is 7.41. The second kappa shape index (κ2) is 11.6. The van der Waals surface area contributed by atoms with Crippen LogP contribution in [0, 0.1) is 0 Å². The minimum atomic E-state index is -2.24. The van der Waals surface area contributed by atoms with Crippen molar-refractivity contribution in [3.05, 3.63) is 57.0 Å². The molecule has 2 aromatic rings. The third kappa shape index (κ3) is 17.3. The Morgan fingerprint density at radius 1 is 0.571 bits per heavy atom. The van der Waals surface area contributed by atoms with E-state index in [1.54, 1.807) is 36.4 Å². The standard InChI is InChI=1S/2C5H3Cl2N.4ClH.Cu/c2*6-4-2-1-3-5(7)8-4;;;;;/h2*1-3H;4*1H;/q;;;;;;+2/p-4. The molecular weight excluding hydrogens is 495 g/mol. The van der Waals surface area contributed by atoms with E-state index < -0.39 is 9.20 Å². The predicted molar refractivity (Wildman–Crippen MR) is 91.9 cm³/mol. The molecule has 125 valence electrons. The Labute approximate surface area is 161 Å². The van der Waals surface area contributed by atoms with Gasteiger partial charge in [0, 0.05) is 0 Å². The van der Waals surface area contributed by atoms with Crippen molar-refractivity contribution in [3.63, 3.8) is 0 Å². The molecule has 0 atom stereocenters. The van der Waals surface area contributed by atoms with Crippen LogP contribution in [0.4, 0.5) is 0 Å². The molecule has 0 aliphatic heterocycles. The van der Waals surface area contributed by atoms with Gasteiger partial charge in [0.15, 0.2) is 0 Å². The molecule has 0 unspecified atom stereocenters. The zero-order valence-corrected chi connectivity index (χ0v) is 16.7. The summed E-state index contributed by atoms with van der Waals surface area (Å²) in [6.07, 6.45) is 0. The molecule has 2 heterocycles. The molecule has 0 radical (unpaired) electrons. The first-order valence-corrected chi connectivity index (χ1v) is 11.3. The topological polar surface area (TPSA) is 25.8 Å². The van der Waals surface area contributed by atoms with Gasteiger partial charge < -0.3 is 0 Å². The molecule has 0 N–H and O–H groups in total. The zero-order chi connectivity index (χ0) is 16.5. The van der Waals surface area contributed by atoms with Gasteiger partial charge in [-0.05, 0) is 24.3 Å². The van der Waals surface area contributed by atoms with Crippen molar-refractivity contribution in [2.24, 2.45) is 0 Å². The van der Waals surface area contributed by atoms with Crippen molar-refractivity contribution < 1.29 is 9.20 Å². The van der Waals surface area contributed by atoms with Crippen LogP contribution in [0.15, 0.2) is 36.4 Å². The first-order chi connectivity index (χ1) is 9.58. The van der Waals surface area contributed by atoms with Gasteiger partial charge in [-0.25, -0.2) is 9.97 Å². The van der Waals surface area contributed by atoms with Crippen molar-refractivity contribution in [1.29, 1.82) is 0 Å². The molecule has 0 amide bonds. The summed E-state index contributed by atoms with van der Waals surface area (Å²) in [7, 11) is 17.4. The third-order valence-corrected chi connectivity index (χ3v) is 2.20. The van der Waals surface area contributed by atoms with E-state index in [1.165, 1.54) is 0 Å². The Morgan fingerprint density at radius 3 is 0.857 bits per heavy atom. The first-order valence-electron chi connectivity index (χ1n) is 4.59. The van der Waals surface area contributed by atoms with Gasteiger partial charge in [0.2, 0.25) is 0 Å². The minimum absolute atomic E-state index is 0.428. The number of aromatic nitrogens is 2. The Kier molecular flexibility index (Phi) is 12.3. The normalized spacial score (nSPS) is 10.7. The Bertz CT molecular complexity index is 465. The van der Waals surface area contributed by atoms with Crippen LogP contribution in [0.1, 0.15) is 0 Å². The molecule has 2 aromatic heterocycles. The zero-order valence-electron chi connectivity index (χ0n) is 9.68. The van der Waals surface area contributed by atoms with Crippen molar-refractivity contribution in [2.75, 3.05) is 0 Å². The Hall–Kier alpha value is 1.14. The molecule has 11 heteroatoms. The summed E-state index contributed by atoms with van der Waals surface area (Å²) in [6, 6.07) is 10.2. The molecule has 0 aromatic carbocycles. The summed E-state index contributed by atoms with van der Waals surface area (Å²) in [5, 5.41) is 1.71. The van der Waals surface area contributed by atoms with Gasteiger partial charge in [-0.15, -0.1) is 0 Å². The summed E-state index contributed by atoms with van der Waals surface area (Å²) in [6.45, 7) is 0. The summed E-state index contributed by atoms with van der Waals surface area (Å²) < 4.78 is 0. The molecule has 0 fully saturated rings. The van der Waals surface area contributed by atoms with Crippen molar-refractivity contribution >= 4 is 86.8 Å². The maximum atomic E-state index is 5.45. The summed E-state index contributed by atoms with van der Waals surface area (Å²) in [5.74, 6) is 0. The molecule has 0 aliphatic carbocycles. The van der Waals surface area contributed by atoms with Crippen LogP contribution >= 0.6 is 86.8 Å². The number of halogens is 8. The Morgan fingerprint density at radius 2 is 0.762 bits per heavy atom. The maximum absolute atomic E-state index is 5.45. The van der Waals surface area contributed by atoms with Gasteiger partial charge in [-0.2, -0.15) is 0 Å². The van der Waals surface area contributed by atoms with E-state index >= 15 is 0 Å².